The highest BCUT2D eigenvalue weighted by molar-refractivity contribution is 5.77. The van der Waals surface area contributed by atoms with Crippen molar-refractivity contribution in [2.75, 3.05) is 7.05 Å². The summed E-state index contributed by atoms with van der Waals surface area (Å²) in [7, 11) is 1.73. The number of aliphatic hydroxyl groups excluding tert-OH is 1. The lowest BCUT2D eigenvalue weighted by Gasteiger charge is -2.11. The molecule has 0 saturated carbocycles. The van der Waals surface area contributed by atoms with E-state index < -0.39 is 17.8 Å². The Morgan fingerprint density at radius 1 is 1.40 bits per heavy atom. The Bertz CT molecular complexity index is 605. The van der Waals surface area contributed by atoms with Gasteiger partial charge in [0.25, 0.3) is 0 Å². The topological polar surface area (TPSA) is 50.1 Å². The van der Waals surface area contributed by atoms with Crippen LogP contribution in [0.3, 0.4) is 0 Å². The lowest BCUT2D eigenvalue weighted by molar-refractivity contribution is -0.137. The summed E-state index contributed by atoms with van der Waals surface area (Å²) in [4.78, 5) is 4.22. The average molecular weight is 287 g/mol. The minimum atomic E-state index is -4.38. The number of benzene rings is 1. The number of alkyl halides is 3. The van der Waals surface area contributed by atoms with Crippen molar-refractivity contribution in [2.45, 2.75) is 32.3 Å². The summed E-state index contributed by atoms with van der Waals surface area (Å²) in [5.74, 6) is 0.600. The molecule has 1 unspecified atom stereocenters. The van der Waals surface area contributed by atoms with E-state index in [1.54, 1.807) is 18.5 Å². The van der Waals surface area contributed by atoms with Gasteiger partial charge in [-0.3, -0.25) is 0 Å². The summed E-state index contributed by atoms with van der Waals surface area (Å²) in [5.41, 5.74) is 0.151. The molecular weight excluding hydrogens is 271 g/mol. The molecule has 0 saturated heterocycles. The highest BCUT2D eigenvalue weighted by Gasteiger charge is 2.31. The van der Waals surface area contributed by atoms with Crippen molar-refractivity contribution in [3.8, 4) is 0 Å². The summed E-state index contributed by atoms with van der Waals surface area (Å²) < 4.78 is 39.8. The first kappa shape index (κ1) is 14.8. The number of fused-ring (bicyclic) bond motifs is 1. The minimum Gasteiger partial charge on any atom is -0.392 e. The van der Waals surface area contributed by atoms with Gasteiger partial charge in [0.2, 0.25) is 0 Å². The fraction of sp³-hybridized carbons (Fsp3) is 0.462. The summed E-state index contributed by atoms with van der Waals surface area (Å²) in [6, 6.07) is 3.46. The third kappa shape index (κ3) is 2.94. The summed E-state index contributed by atoms with van der Waals surface area (Å²) in [5, 5.41) is 12.4. The Balaban J connectivity index is 2.55. The molecule has 2 rings (SSSR count). The van der Waals surface area contributed by atoms with E-state index in [4.69, 9.17) is 0 Å². The molecular formula is C13H16F3N3O. The number of nitrogens with zero attached hydrogens (tertiary/aromatic N) is 2. The van der Waals surface area contributed by atoms with E-state index in [9.17, 15) is 18.3 Å². The number of nitrogens with one attached hydrogen (secondary N) is 1. The van der Waals surface area contributed by atoms with E-state index in [0.717, 1.165) is 12.1 Å². The maximum absolute atomic E-state index is 12.7. The van der Waals surface area contributed by atoms with Crippen LogP contribution in [0.15, 0.2) is 18.2 Å². The normalized spacial score (nSPS) is 13.9. The number of aromatic nitrogens is 2. The molecule has 0 spiro atoms. The van der Waals surface area contributed by atoms with Gasteiger partial charge in [0.05, 0.1) is 35.8 Å². The fourth-order valence-electron chi connectivity index (χ4n) is 2.12. The molecule has 0 aliphatic heterocycles. The molecule has 0 amide bonds. The summed E-state index contributed by atoms with van der Waals surface area (Å²) >= 11 is 0. The van der Waals surface area contributed by atoms with Gasteiger partial charge in [0, 0.05) is 0 Å². The Labute approximate surface area is 114 Å². The molecule has 2 N–H and O–H groups in total. The van der Waals surface area contributed by atoms with Crippen molar-refractivity contribution in [2.24, 2.45) is 0 Å². The van der Waals surface area contributed by atoms with Gasteiger partial charge in [0.1, 0.15) is 5.82 Å². The molecule has 0 aliphatic carbocycles. The van der Waals surface area contributed by atoms with Gasteiger partial charge in [0.15, 0.2) is 0 Å². The van der Waals surface area contributed by atoms with Crippen molar-refractivity contribution in [1.29, 1.82) is 0 Å². The van der Waals surface area contributed by atoms with Crippen molar-refractivity contribution in [1.82, 2.24) is 14.9 Å². The predicted octanol–water partition coefficient (Wildman–Crippen LogP) is 2.16. The third-order valence-electron chi connectivity index (χ3n) is 2.94. The Morgan fingerprint density at radius 2 is 2.10 bits per heavy atom. The maximum Gasteiger partial charge on any atom is 0.416 e. The average Bonchev–Trinajstić information content (AvgIpc) is 2.65. The number of hydrogen-bond acceptors (Lipinski definition) is 3. The lowest BCUT2D eigenvalue weighted by Crippen LogP contribution is -2.17. The second-order valence-electron chi connectivity index (χ2n) is 4.72. The zero-order chi connectivity index (χ0) is 14.9. The lowest BCUT2D eigenvalue weighted by atomic mass is 10.2. The van der Waals surface area contributed by atoms with Crippen LogP contribution in [-0.4, -0.2) is 27.8 Å². The van der Waals surface area contributed by atoms with Crippen LogP contribution < -0.4 is 5.32 Å². The molecule has 1 aromatic heterocycles. The van der Waals surface area contributed by atoms with Crippen molar-refractivity contribution in [3.05, 3.63) is 29.6 Å². The number of hydrogen-bond donors (Lipinski definition) is 2. The second kappa shape index (κ2) is 5.41. The van der Waals surface area contributed by atoms with Crippen molar-refractivity contribution in [3.63, 3.8) is 0 Å². The van der Waals surface area contributed by atoms with Crippen LogP contribution in [0.25, 0.3) is 11.0 Å². The van der Waals surface area contributed by atoms with Gasteiger partial charge < -0.3 is 15.0 Å². The molecule has 2 aromatic rings. The van der Waals surface area contributed by atoms with E-state index in [0.29, 0.717) is 24.4 Å². The van der Waals surface area contributed by atoms with Gasteiger partial charge in [-0.25, -0.2) is 4.98 Å². The van der Waals surface area contributed by atoms with Gasteiger partial charge in [-0.05, 0) is 32.2 Å². The van der Waals surface area contributed by atoms with Crippen LogP contribution in [0.5, 0.6) is 0 Å². The van der Waals surface area contributed by atoms with Crippen molar-refractivity contribution < 1.29 is 18.3 Å². The molecule has 1 aromatic carbocycles. The van der Waals surface area contributed by atoms with Crippen LogP contribution in [-0.2, 0) is 19.3 Å². The first-order valence-electron chi connectivity index (χ1n) is 6.22. The first-order valence-corrected chi connectivity index (χ1v) is 6.22. The van der Waals surface area contributed by atoms with E-state index in [1.807, 2.05) is 0 Å². The van der Waals surface area contributed by atoms with Gasteiger partial charge in [-0.1, -0.05) is 0 Å². The van der Waals surface area contributed by atoms with Crippen LogP contribution in [0.2, 0.25) is 0 Å². The molecule has 0 bridgehead atoms. The molecule has 4 nitrogen and oxygen atoms in total. The Kier molecular flexibility index (Phi) is 4.01. The maximum atomic E-state index is 12.7. The molecule has 0 fully saturated rings. The number of rotatable bonds is 4. The van der Waals surface area contributed by atoms with Gasteiger partial charge in [-0.15, -0.1) is 0 Å². The van der Waals surface area contributed by atoms with Crippen LogP contribution >= 0.6 is 0 Å². The Morgan fingerprint density at radius 3 is 2.65 bits per heavy atom. The van der Waals surface area contributed by atoms with Crippen LogP contribution in [0.1, 0.15) is 18.3 Å². The molecule has 7 heteroatoms. The second-order valence-corrected chi connectivity index (χ2v) is 4.72. The smallest absolute Gasteiger partial charge is 0.392 e. The SMILES string of the molecule is CNCc1nc2cc(C(F)(F)F)ccc2n1CC(C)O. The zero-order valence-electron chi connectivity index (χ0n) is 11.2. The quantitative estimate of drug-likeness (QED) is 0.906. The Hall–Kier alpha value is -1.60. The molecule has 0 aliphatic rings. The van der Waals surface area contributed by atoms with Crippen LogP contribution in [0.4, 0.5) is 13.2 Å². The largest absolute Gasteiger partial charge is 0.416 e. The highest BCUT2D eigenvalue weighted by Crippen LogP contribution is 2.31. The van der Waals surface area contributed by atoms with E-state index in [-0.39, 0.29) is 5.52 Å². The van der Waals surface area contributed by atoms with Gasteiger partial charge in [-0.2, -0.15) is 13.2 Å². The fourth-order valence-corrected chi connectivity index (χ4v) is 2.12. The van der Waals surface area contributed by atoms with Gasteiger partial charge >= 0.3 is 6.18 Å². The van der Waals surface area contributed by atoms with E-state index in [1.165, 1.54) is 6.07 Å². The van der Waals surface area contributed by atoms with E-state index >= 15 is 0 Å². The molecule has 1 atom stereocenters. The van der Waals surface area contributed by atoms with Crippen LogP contribution in [0, 0.1) is 0 Å². The third-order valence-corrected chi connectivity index (χ3v) is 2.94. The molecule has 20 heavy (non-hydrogen) atoms. The van der Waals surface area contributed by atoms with Crippen molar-refractivity contribution >= 4 is 11.0 Å². The zero-order valence-corrected chi connectivity index (χ0v) is 11.2. The standard InChI is InChI=1S/C13H16F3N3O/c1-8(20)7-19-11-4-3-9(13(14,15)16)5-10(11)18-12(19)6-17-2/h3-5,8,17,20H,6-7H2,1-2H3. The number of imidazole rings is 1. The molecule has 0 radical (unpaired) electrons. The monoisotopic (exact) mass is 287 g/mol. The predicted molar refractivity (Wildman–Crippen MR) is 69.2 cm³/mol. The number of aliphatic hydroxyl groups is 1. The summed E-state index contributed by atoms with van der Waals surface area (Å²) in [6.45, 7) is 2.33. The molecule has 1 heterocycles. The molecule has 110 valence electrons. The minimum absolute atomic E-state index is 0.283. The highest BCUT2D eigenvalue weighted by atomic mass is 19.4. The first-order chi connectivity index (χ1) is 9.32. The van der Waals surface area contributed by atoms with E-state index in [2.05, 4.69) is 10.3 Å². The number of halogens is 3. The summed E-state index contributed by atoms with van der Waals surface area (Å²) in [6.07, 6.45) is -4.99.